The van der Waals surface area contributed by atoms with Crippen LogP contribution in [-0.2, 0) is 0 Å². The largest absolute Gasteiger partial charge is 0.309 e. The van der Waals surface area contributed by atoms with Crippen LogP contribution in [0.15, 0.2) is 17.3 Å². The van der Waals surface area contributed by atoms with E-state index in [0.29, 0.717) is 11.9 Å². The van der Waals surface area contributed by atoms with Crippen molar-refractivity contribution in [2.75, 3.05) is 0 Å². The van der Waals surface area contributed by atoms with Gasteiger partial charge in [-0.3, -0.25) is 0 Å². The number of nitrogens with zero attached hydrogens (tertiary/aromatic N) is 3. The molecule has 2 fully saturated rings. The molecule has 2 heterocycles. The lowest BCUT2D eigenvalue weighted by atomic mass is 10.1. The van der Waals surface area contributed by atoms with Crippen molar-refractivity contribution in [3.05, 3.63) is 17.5 Å². The van der Waals surface area contributed by atoms with Gasteiger partial charge in [0.05, 0.1) is 0 Å². The van der Waals surface area contributed by atoms with Crippen LogP contribution in [0.5, 0.6) is 0 Å². The monoisotopic (exact) mass is 237 g/mol. The SMILES string of the molecule is Clc1nccc(N=C2CC(C3CC3)NN2)n1. The summed E-state index contributed by atoms with van der Waals surface area (Å²) in [6, 6.07) is 2.27. The van der Waals surface area contributed by atoms with E-state index in [1.807, 2.05) is 0 Å². The molecule has 1 atom stereocenters. The molecule has 1 aliphatic carbocycles. The highest BCUT2D eigenvalue weighted by Gasteiger charge is 2.35. The maximum atomic E-state index is 5.69. The van der Waals surface area contributed by atoms with Crippen LogP contribution in [0.25, 0.3) is 0 Å². The summed E-state index contributed by atoms with van der Waals surface area (Å²) in [5.74, 6) is 2.33. The summed E-state index contributed by atoms with van der Waals surface area (Å²) in [6.07, 6.45) is 5.19. The van der Waals surface area contributed by atoms with E-state index in [-0.39, 0.29) is 5.28 Å². The standard InChI is InChI=1S/C10H12ClN5/c11-10-12-4-3-8(14-10)13-9-5-7(15-16-9)6-1-2-6/h3-4,6-7,15H,1-2,5H2,(H,12,13,14,16). The average Bonchev–Trinajstić information content (AvgIpc) is 3.01. The van der Waals surface area contributed by atoms with Crippen LogP contribution < -0.4 is 10.9 Å². The van der Waals surface area contributed by atoms with E-state index in [0.717, 1.165) is 18.2 Å². The van der Waals surface area contributed by atoms with Crippen molar-refractivity contribution >= 4 is 23.3 Å². The Labute approximate surface area is 98.3 Å². The molecule has 2 N–H and O–H groups in total. The Morgan fingerprint density at radius 2 is 2.31 bits per heavy atom. The predicted octanol–water partition coefficient (Wildman–Crippen LogP) is 1.44. The van der Waals surface area contributed by atoms with Gasteiger partial charge in [-0.2, -0.15) is 4.98 Å². The Morgan fingerprint density at radius 3 is 3.06 bits per heavy atom. The maximum Gasteiger partial charge on any atom is 0.224 e. The minimum absolute atomic E-state index is 0.228. The molecule has 1 saturated carbocycles. The first-order valence-corrected chi connectivity index (χ1v) is 5.77. The molecule has 84 valence electrons. The first-order chi connectivity index (χ1) is 7.81. The molecule has 1 unspecified atom stereocenters. The van der Waals surface area contributed by atoms with Crippen molar-refractivity contribution in [3.8, 4) is 0 Å². The lowest BCUT2D eigenvalue weighted by Gasteiger charge is -2.03. The molecule has 16 heavy (non-hydrogen) atoms. The second kappa shape index (κ2) is 3.99. The molecule has 0 bridgehead atoms. The van der Waals surface area contributed by atoms with E-state index in [4.69, 9.17) is 11.6 Å². The number of hydrazine groups is 1. The van der Waals surface area contributed by atoms with Crippen LogP contribution >= 0.6 is 11.6 Å². The highest BCUT2D eigenvalue weighted by Crippen LogP contribution is 2.35. The van der Waals surface area contributed by atoms with Gasteiger partial charge in [0.25, 0.3) is 0 Å². The molecule has 1 aromatic heterocycles. The molecular formula is C10H12ClN5. The zero-order chi connectivity index (χ0) is 11.0. The van der Waals surface area contributed by atoms with Crippen LogP contribution in [0, 0.1) is 5.92 Å². The molecule has 3 rings (SSSR count). The molecule has 0 amide bonds. The smallest absolute Gasteiger partial charge is 0.224 e. The number of aliphatic imine (C=N–C) groups is 1. The van der Waals surface area contributed by atoms with Crippen LogP contribution in [-0.4, -0.2) is 21.8 Å². The van der Waals surface area contributed by atoms with E-state index in [1.54, 1.807) is 12.3 Å². The molecule has 5 nitrogen and oxygen atoms in total. The van der Waals surface area contributed by atoms with Crippen molar-refractivity contribution in [3.63, 3.8) is 0 Å². The minimum Gasteiger partial charge on any atom is -0.309 e. The van der Waals surface area contributed by atoms with Gasteiger partial charge < -0.3 is 5.43 Å². The molecule has 2 aliphatic rings. The van der Waals surface area contributed by atoms with Gasteiger partial charge in [-0.1, -0.05) is 0 Å². The molecule has 0 spiro atoms. The number of hydrogen-bond donors (Lipinski definition) is 2. The number of amidine groups is 1. The number of hydrogen-bond acceptors (Lipinski definition) is 4. The van der Waals surface area contributed by atoms with Gasteiger partial charge in [-0.25, -0.2) is 15.4 Å². The summed E-state index contributed by atoms with van der Waals surface area (Å²) < 4.78 is 0. The summed E-state index contributed by atoms with van der Waals surface area (Å²) in [4.78, 5) is 12.2. The maximum absolute atomic E-state index is 5.69. The zero-order valence-electron chi connectivity index (χ0n) is 8.65. The average molecular weight is 238 g/mol. The Balaban J connectivity index is 1.73. The second-order valence-corrected chi connectivity index (χ2v) is 4.50. The summed E-state index contributed by atoms with van der Waals surface area (Å²) in [5, 5.41) is 0.228. The lowest BCUT2D eigenvalue weighted by molar-refractivity contribution is 0.504. The van der Waals surface area contributed by atoms with Crippen molar-refractivity contribution in [1.29, 1.82) is 0 Å². The Hall–Kier alpha value is -1.20. The summed E-state index contributed by atoms with van der Waals surface area (Å²) in [7, 11) is 0. The van der Waals surface area contributed by atoms with Crippen molar-refractivity contribution in [2.24, 2.45) is 10.9 Å². The molecule has 6 heteroatoms. The van der Waals surface area contributed by atoms with Crippen LogP contribution in [0.2, 0.25) is 5.28 Å². The van der Waals surface area contributed by atoms with Gasteiger partial charge in [-0.15, -0.1) is 0 Å². The predicted molar refractivity (Wildman–Crippen MR) is 61.5 cm³/mol. The van der Waals surface area contributed by atoms with Crippen molar-refractivity contribution in [1.82, 2.24) is 20.8 Å². The minimum atomic E-state index is 0.228. The van der Waals surface area contributed by atoms with E-state index >= 15 is 0 Å². The van der Waals surface area contributed by atoms with Crippen LogP contribution in [0.3, 0.4) is 0 Å². The third kappa shape index (κ3) is 2.15. The lowest BCUT2D eigenvalue weighted by Crippen LogP contribution is -2.32. The van der Waals surface area contributed by atoms with Gasteiger partial charge in [-0.05, 0) is 30.4 Å². The van der Waals surface area contributed by atoms with Gasteiger partial charge in [0, 0.05) is 24.7 Å². The van der Waals surface area contributed by atoms with Crippen molar-refractivity contribution in [2.45, 2.75) is 25.3 Å². The number of rotatable bonds is 2. The fourth-order valence-corrected chi connectivity index (χ4v) is 2.01. The summed E-state index contributed by atoms with van der Waals surface area (Å²) >= 11 is 5.69. The van der Waals surface area contributed by atoms with Gasteiger partial charge >= 0.3 is 0 Å². The summed E-state index contributed by atoms with van der Waals surface area (Å²) in [6.45, 7) is 0. The molecule has 0 aromatic carbocycles. The van der Waals surface area contributed by atoms with Gasteiger partial charge in [0.1, 0.15) is 5.84 Å². The number of nitrogens with one attached hydrogen (secondary N) is 2. The quantitative estimate of drug-likeness (QED) is 0.764. The fourth-order valence-electron chi connectivity index (χ4n) is 1.87. The van der Waals surface area contributed by atoms with Crippen LogP contribution in [0.4, 0.5) is 5.82 Å². The molecule has 1 aliphatic heterocycles. The molecule has 1 aromatic rings. The third-order valence-corrected chi connectivity index (χ3v) is 3.05. The van der Waals surface area contributed by atoms with E-state index < -0.39 is 0 Å². The van der Waals surface area contributed by atoms with Gasteiger partial charge in [0.15, 0.2) is 5.82 Å². The topological polar surface area (TPSA) is 62.2 Å². The number of halogens is 1. The number of aromatic nitrogens is 2. The van der Waals surface area contributed by atoms with Crippen LogP contribution in [0.1, 0.15) is 19.3 Å². The van der Waals surface area contributed by atoms with E-state index in [9.17, 15) is 0 Å². The summed E-state index contributed by atoms with van der Waals surface area (Å²) in [5.41, 5.74) is 6.34. The van der Waals surface area contributed by atoms with Crippen molar-refractivity contribution < 1.29 is 0 Å². The molecule has 0 radical (unpaired) electrons. The highest BCUT2D eigenvalue weighted by molar-refractivity contribution is 6.28. The highest BCUT2D eigenvalue weighted by atomic mass is 35.5. The van der Waals surface area contributed by atoms with E-state index in [2.05, 4.69) is 25.8 Å². The van der Waals surface area contributed by atoms with E-state index in [1.165, 1.54) is 12.8 Å². The normalized spacial score (nSPS) is 27.1. The Kier molecular flexibility index (Phi) is 2.49. The first kappa shape index (κ1) is 9.99. The van der Waals surface area contributed by atoms with Gasteiger partial charge in [0.2, 0.25) is 5.28 Å². The molecule has 1 saturated heterocycles. The third-order valence-electron chi connectivity index (χ3n) is 2.87. The fraction of sp³-hybridized carbons (Fsp3) is 0.500. The zero-order valence-corrected chi connectivity index (χ0v) is 9.41. The second-order valence-electron chi connectivity index (χ2n) is 4.16. The molecular weight excluding hydrogens is 226 g/mol. The Bertz CT molecular complexity index is 429. The Morgan fingerprint density at radius 1 is 1.44 bits per heavy atom. The first-order valence-electron chi connectivity index (χ1n) is 5.39.